The number of benzene rings is 2. The van der Waals surface area contributed by atoms with Crippen LogP contribution in [0, 0.1) is 0 Å². The number of urea groups is 1. The minimum atomic E-state index is -0.571. The van der Waals surface area contributed by atoms with Gasteiger partial charge in [-0.05, 0) is 43.3 Å². The number of esters is 1. The molecule has 0 aliphatic rings. The van der Waals surface area contributed by atoms with Crippen molar-refractivity contribution in [3.05, 3.63) is 46.4 Å². The lowest BCUT2D eigenvalue weighted by Gasteiger charge is -2.19. The predicted molar refractivity (Wildman–Crippen MR) is 120 cm³/mol. The molecule has 0 atom stereocenters. The van der Waals surface area contributed by atoms with Crippen LogP contribution in [0.4, 0.5) is 21.9 Å². The number of carbonyl (C=O) groups is 3. The Morgan fingerprint density at radius 3 is 2.07 bits per heavy atom. The molecule has 3 amide bonds. The number of ether oxygens (including phenoxy) is 2. The van der Waals surface area contributed by atoms with Gasteiger partial charge in [-0.25, -0.2) is 13.9 Å². The number of anilines is 3. The smallest absolute Gasteiger partial charge is 0.344 e. The van der Waals surface area contributed by atoms with Gasteiger partial charge in [-0.15, -0.1) is 0 Å². The van der Waals surface area contributed by atoms with Crippen molar-refractivity contribution in [2.75, 3.05) is 28.2 Å². The fourth-order valence-electron chi connectivity index (χ4n) is 2.27. The molecule has 2 aromatic carbocycles. The summed E-state index contributed by atoms with van der Waals surface area (Å²) in [4.78, 5) is 34.9. The Morgan fingerprint density at radius 1 is 1.03 bits per heavy atom. The Labute approximate surface area is 189 Å². The molecule has 0 aromatic heterocycles. The summed E-state index contributed by atoms with van der Waals surface area (Å²) in [5.41, 5.74) is 1.36. The van der Waals surface area contributed by atoms with E-state index in [1.54, 1.807) is 31.2 Å². The highest BCUT2D eigenvalue weighted by Crippen LogP contribution is 2.37. The minimum Gasteiger partial charge on any atom is -0.479 e. The summed E-state index contributed by atoms with van der Waals surface area (Å²) in [5.74, 6) is -0.670. The van der Waals surface area contributed by atoms with Gasteiger partial charge in [-0.3, -0.25) is 4.79 Å². The molecule has 0 saturated carbocycles. The van der Waals surface area contributed by atoms with Crippen LogP contribution in [0.15, 0.2) is 36.4 Å². The summed E-state index contributed by atoms with van der Waals surface area (Å²) in [6.07, 6.45) is 0. The quantitative estimate of drug-likeness (QED) is 0.398. The molecule has 0 unspecified atom stereocenters. The molecular weight excluding hydrogens is 453 g/mol. The van der Waals surface area contributed by atoms with Crippen LogP contribution in [0.5, 0.6) is 5.75 Å². The van der Waals surface area contributed by atoms with E-state index in [2.05, 4.69) is 23.4 Å². The van der Waals surface area contributed by atoms with Gasteiger partial charge < -0.3 is 20.1 Å². The number of carbonyl (C=O) groups excluding carboxylic acids is 3. The first-order chi connectivity index (χ1) is 14.2. The highest BCUT2D eigenvalue weighted by Gasteiger charge is 2.18. The van der Waals surface area contributed by atoms with Crippen molar-refractivity contribution in [3.8, 4) is 5.75 Å². The molecule has 0 aliphatic heterocycles. The van der Waals surface area contributed by atoms with Gasteiger partial charge in [0.1, 0.15) is 0 Å². The molecule has 0 radical (unpaired) electrons. The number of rotatable bonds is 7. The Kier molecular flexibility index (Phi) is 8.64. The highest BCUT2D eigenvalue weighted by molar-refractivity contribution is 7.82. The summed E-state index contributed by atoms with van der Waals surface area (Å²) in [6.45, 7) is 2.95. The average Bonchev–Trinajstić information content (AvgIpc) is 2.68. The van der Waals surface area contributed by atoms with Crippen LogP contribution in [0.1, 0.15) is 13.8 Å². The van der Waals surface area contributed by atoms with Gasteiger partial charge in [0.25, 0.3) is 0 Å². The van der Waals surface area contributed by atoms with E-state index in [-0.39, 0.29) is 40.6 Å². The van der Waals surface area contributed by atoms with E-state index in [0.29, 0.717) is 11.4 Å². The second kappa shape index (κ2) is 11.0. The van der Waals surface area contributed by atoms with E-state index in [4.69, 9.17) is 32.7 Å². The van der Waals surface area contributed by atoms with Gasteiger partial charge in [0, 0.05) is 18.3 Å². The molecule has 8 nitrogen and oxygen atoms in total. The fourth-order valence-corrected chi connectivity index (χ4v) is 3.02. The lowest BCUT2D eigenvalue weighted by atomic mass is 10.2. The summed E-state index contributed by atoms with van der Waals surface area (Å²) in [6, 6.07) is 8.79. The van der Waals surface area contributed by atoms with Gasteiger partial charge in [-0.2, -0.15) is 0 Å². The predicted octanol–water partition coefficient (Wildman–Crippen LogP) is 4.78. The van der Waals surface area contributed by atoms with E-state index in [0.717, 1.165) is 4.31 Å². The van der Waals surface area contributed by atoms with Crippen molar-refractivity contribution in [2.24, 2.45) is 0 Å². The normalized spacial score (nSPS) is 10.2. The standard InChI is InChI=1S/C19H19Cl2N3O5S/c1-3-28-17(26)10-29-18-15(20)8-14(9-16(18)21)24(30)19(27)23-13-6-4-12(5-7-13)22-11(2)25/h4-9,30H,3,10H2,1-2H3,(H,22,25)(H,23,27). The van der Waals surface area contributed by atoms with Gasteiger partial charge in [-0.1, -0.05) is 36.0 Å². The molecule has 11 heteroatoms. The van der Waals surface area contributed by atoms with Crippen molar-refractivity contribution in [3.63, 3.8) is 0 Å². The molecule has 0 fully saturated rings. The summed E-state index contributed by atoms with van der Waals surface area (Å²) in [5, 5.41) is 5.46. The van der Waals surface area contributed by atoms with Crippen molar-refractivity contribution in [1.82, 2.24) is 0 Å². The average molecular weight is 472 g/mol. The molecule has 0 bridgehead atoms. The van der Waals surface area contributed by atoms with Crippen LogP contribution >= 0.6 is 36.0 Å². The Balaban J connectivity index is 2.06. The number of hydrogen-bond acceptors (Lipinski definition) is 6. The van der Waals surface area contributed by atoms with Crippen molar-refractivity contribution in [1.29, 1.82) is 0 Å². The number of nitrogens with one attached hydrogen (secondary N) is 2. The van der Waals surface area contributed by atoms with E-state index >= 15 is 0 Å². The molecular formula is C19H19Cl2N3O5S. The fraction of sp³-hybridized carbons (Fsp3) is 0.211. The first-order valence-electron chi connectivity index (χ1n) is 8.66. The minimum absolute atomic E-state index is 0.0887. The monoisotopic (exact) mass is 471 g/mol. The second-order valence-corrected chi connectivity index (χ2v) is 7.05. The maximum absolute atomic E-state index is 12.5. The van der Waals surface area contributed by atoms with Gasteiger partial charge in [0.05, 0.1) is 22.3 Å². The van der Waals surface area contributed by atoms with Gasteiger partial charge in [0.15, 0.2) is 12.4 Å². The zero-order valence-electron chi connectivity index (χ0n) is 16.1. The molecule has 2 N–H and O–H groups in total. The first-order valence-corrected chi connectivity index (χ1v) is 9.82. The maximum atomic E-state index is 12.5. The third kappa shape index (κ3) is 6.72. The summed E-state index contributed by atoms with van der Waals surface area (Å²) in [7, 11) is 0. The number of amides is 3. The van der Waals surface area contributed by atoms with Crippen LogP contribution in [0.3, 0.4) is 0 Å². The lowest BCUT2D eigenvalue weighted by molar-refractivity contribution is -0.145. The molecule has 30 heavy (non-hydrogen) atoms. The van der Waals surface area contributed by atoms with E-state index < -0.39 is 12.0 Å². The summed E-state index contributed by atoms with van der Waals surface area (Å²) >= 11 is 16.5. The maximum Gasteiger partial charge on any atom is 0.344 e. The first kappa shape index (κ1) is 23.7. The Hall–Kier alpha value is -2.62. The van der Waals surface area contributed by atoms with E-state index in [1.807, 2.05) is 0 Å². The molecule has 160 valence electrons. The van der Waals surface area contributed by atoms with Crippen molar-refractivity contribution >= 4 is 71.0 Å². The molecule has 0 heterocycles. The molecule has 0 saturated heterocycles. The summed E-state index contributed by atoms with van der Waals surface area (Å²) < 4.78 is 11.1. The van der Waals surface area contributed by atoms with E-state index in [1.165, 1.54) is 19.1 Å². The van der Waals surface area contributed by atoms with E-state index in [9.17, 15) is 14.4 Å². The van der Waals surface area contributed by atoms with Gasteiger partial charge >= 0.3 is 12.0 Å². The van der Waals surface area contributed by atoms with Crippen LogP contribution in [-0.2, 0) is 14.3 Å². The third-order valence-corrected chi connectivity index (χ3v) is 4.49. The molecule has 0 spiro atoms. The Bertz CT molecular complexity index is 917. The SMILES string of the molecule is CCOC(=O)COc1c(Cl)cc(N(S)C(=O)Nc2ccc(NC(C)=O)cc2)cc1Cl. The zero-order valence-corrected chi connectivity index (χ0v) is 18.5. The Morgan fingerprint density at radius 2 is 1.57 bits per heavy atom. The van der Waals surface area contributed by atoms with Crippen LogP contribution in [-0.4, -0.2) is 31.1 Å². The number of hydrogen-bond donors (Lipinski definition) is 3. The number of nitrogens with zero attached hydrogens (tertiary/aromatic N) is 1. The van der Waals surface area contributed by atoms with Crippen LogP contribution in [0.2, 0.25) is 10.0 Å². The van der Waals surface area contributed by atoms with Gasteiger partial charge in [0.2, 0.25) is 5.91 Å². The molecule has 0 aliphatic carbocycles. The van der Waals surface area contributed by atoms with Crippen molar-refractivity contribution < 1.29 is 23.9 Å². The molecule has 2 rings (SSSR count). The second-order valence-electron chi connectivity index (χ2n) is 5.83. The lowest BCUT2D eigenvalue weighted by Crippen LogP contribution is -2.26. The zero-order chi connectivity index (χ0) is 22.3. The largest absolute Gasteiger partial charge is 0.479 e. The number of halogens is 2. The van der Waals surface area contributed by atoms with Crippen LogP contribution in [0.25, 0.3) is 0 Å². The van der Waals surface area contributed by atoms with Crippen molar-refractivity contribution in [2.45, 2.75) is 13.8 Å². The van der Waals surface area contributed by atoms with Crippen LogP contribution < -0.4 is 19.7 Å². The molecule has 2 aromatic rings. The number of thiol groups is 1. The topological polar surface area (TPSA) is 97.0 Å². The third-order valence-electron chi connectivity index (χ3n) is 3.52. The highest BCUT2D eigenvalue weighted by atomic mass is 35.5.